The fourth-order valence-electron chi connectivity index (χ4n) is 3.51. The van der Waals surface area contributed by atoms with Crippen molar-refractivity contribution in [2.75, 3.05) is 14.2 Å². The molecule has 1 aromatic rings. The van der Waals surface area contributed by atoms with Crippen LogP contribution in [0.1, 0.15) is 38.2 Å². The number of ether oxygens (including phenoxy) is 4. The second kappa shape index (κ2) is 12.7. The number of methoxy groups -OCH3 is 2. The Bertz CT molecular complexity index is 810. The van der Waals surface area contributed by atoms with Crippen molar-refractivity contribution in [2.24, 2.45) is 5.92 Å². The first-order chi connectivity index (χ1) is 14.9. The van der Waals surface area contributed by atoms with E-state index >= 15 is 0 Å². The maximum Gasteiger partial charge on any atom is 0.330 e. The zero-order valence-electron chi connectivity index (χ0n) is 18.5. The van der Waals surface area contributed by atoms with E-state index in [0.29, 0.717) is 35.8 Å². The summed E-state index contributed by atoms with van der Waals surface area (Å²) in [4.78, 5) is 22.8. The molecular formula is C25H32O6. The molecule has 0 bridgehead atoms. The number of carbonyl (C=O) groups is 2. The van der Waals surface area contributed by atoms with Gasteiger partial charge in [-0.15, -0.1) is 0 Å². The Morgan fingerprint density at radius 1 is 1.32 bits per heavy atom. The van der Waals surface area contributed by atoms with Crippen LogP contribution < -0.4 is 9.47 Å². The highest BCUT2D eigenvalue weighted by molar-refractivity contribution is 5.81. The summed E-state index contributed by atoms with van der Waals surface area (Å²) in [6.45, 7) is 5.95. The summed E-state index contributed by atoms with van der Waals surface area (Å²) in [5.41, 5.74) is 1.38. The van der Waals surface area contributed by atoms with Gasteiger partial charge >= 0.3 is 5.97 Å². The Kier molecular flexibility index (Phi) is 10.0. The van der Waals surface area contributed by atoms with Crippen LogP contribution >= 0.6 is 0 Å². The molecule has 0 saturated heterocycles. The van der Waals surface area contributed by atoms with Gasteiger partial charge in [-0.25, -0.2) is 4.79 Å². The summed E-state index contributed by atoms with van der Waals surface area (Å²) >= 11 is 0. The molecule has 2 rings (SSSR count). The van der Waals surface area contributed by atoms with E-state index in [1.54, 1.807) is 38.5 Å². The SMILES string of the molecule is C=C(C=O)C[C@H](C)C[C@@H]1CC=C[C@@H](C/C=C\C(=O)OCc2ccc(OC)cc2OC)O1. The van der Waals surface area contributed by atoms with Crippen molar-refractivity contribution in [2.45, 2.75) is 51.4 Å². The van der Waals surface area contributed by atoms with E-state index in [0.717, 1.165) is 24.7 Å². The first-order valence-electron chi connectivity index (χ1n) is 10.4. The van der Waals surface area contributed by atoms with Crippen LogP contribution in [-0.4, -0.2) is 38.7 Å². The van der Waals surface area contributed by atoms with Crippen LogP contribution in [0.5, 0.6) is 11.5 Å². The molecule has 1 aliphatic heterocycles. The number of benzene rings is 1. The molecule has 1 aliphatic rings. The predicted octanol–water partition coefficient (Wildman–Crippen LogP) is 4.58. The lowest BCUT2D eigenvalue weighted by atomic mass is 9.94. The smallest absolute Gasteiger partial charge is 0.330 e. The molecule has 31 heavy (non-hydrogen) atoms. The van der Waals surface area contributed by atoms with Gasteiger partial charge in [-0.2, -0.15) is 0 Å². The average molecular weight is 429 g/mol. The molecule has 6 heteroatoms. The largest absolute Gasteiger partial charge is 0.497 e. The van der Waals surface area contributed by atoms with E-state index < -0.39 is 5.97 Å². The van der Waals surface area contributed by atoms with E-state index in [1.807, 2.05) is 6.08 Å². The van der Waals surface area contributed by atoms with Crippen LogP contribution in [0, 0.1) is 5.92 Å². The Morgan fingerprint density at radius 3 is 2.84 bits per heavy atom. The van der Waals surface area contributed by atoms with Crippen molar-refractivity contribution in [3.8, 4) is 11.5 Å². The standard InChI is InChI=1S/C25H32O6/c1-18(13-19(2)16-26)14-23-9-5-7-21(31-23)8-6-10-25(27)30-17-20-11-12-22(28-3)15-24(20)29-4/h5-7,10-12,15-16,18,21,23H,2,8-9,13-14,17H2,1,3-4H3/b10-6-/t18-,21-,23-/m0/s1. The summed E-state index contributed by atoms with van der Waals surface area (Å²) in [6, 6.07) is 5.35. The van der Waals surface area contributed by atoms with Crippen LogP contribution in [0.4, 0.5) is 0 Å². The quantitative estimate of drug-likeness (QED) is 0.210. The molecule has 1 heterocycles. The van der Waals surface area contributed by atoms with E-state index in [2.05, 4.69) is 19.6 Å². The van der Waals surface area contributed by atoms with Gasteiger partial charge in [-0.1, -0.05) is 31.7 Å². The number of aldehydes is 1. The summed E-state index contributed by atoms with van der Waals surface area (Å²) in [5, 5.41) is 0. The van der Waals surface area contributed by atoms with Crippen molar-refractivity contribution >= 4 is 12.3 Å². The molecule has 0 fully saturated rings. The van der Waals surface area contributed by atoms with E-state index in [4.69, 9.17) is 18.9 Å². The fraction of sp³-hybridized carbons (Fsp3) is 0.440. The molecule has 0 unspecified atom stereocenters. The Morgan fingerprint density at radius 2 is 2.13 bits per heavy atom. The lowest BCUT2D eigenvalue weighted by molar-refractivity contribution is -0.139. The maximum atomic E-state index is 12.1. The van der Waals surface area contributed by atoms with Crippen LogP contribution in [0.3, 0.4) is 0 Å². The minimum Gasteiger partial charge on any atom is -0.497 e. The third-order valence-corrected chi connectivity index (χ3v) is 5.05. The summed E-state index contributed by atoms with van der Waals surface area (Å²) < 4.78 is 21.9. The highest BCUT2D eigenvalue weighted by atomic mass is 16.5. The molecule has 0 N–H and O–H groups in total. The second-order valence-corrected chi connectivity index (χ2v) is 7.71. The minimum atomic E-state index is -0.421. The number of hydrogen-bond acceptors (Lipinski definition) is 6. The van der Waals surface area contributed by atoms with Gasteiger partial charge in [0.25, 0.3) is 0 Å². The van der Waals surface area contributed by atoms with Crippen LogP contribution in [0.25, 0.3) is 0 Å². The normalized spacial score (nSPS) is 19.1. The van der Waals surface area contributed by atoms with Gasteiger partial charge in [0.1, 0.15) is 24.4 Å². The van der Waals surface area contributed by atoms with Gasteiger partial charge in [-0.05, 0) is 49.3 Å². The van der Waals surface area contributed by atoms with Gasteiger partial charge in [-0.3, -0.25) is 4.79 Å². The van der Waals surface area contributed by atoms with Crippen molar-refractivity contribution in [1.82, 2.24) is 0 Å². The minimum absolute atomic E-state index is 0.0778. The van der Waals surface area contributed by atoms with Crippen molar-refractivity contribution < 1.29 is 28.5 Å². The zero-order chi connectivity index (χ0) is 22.6. The maximum absolute atomic E-state index is 12.1. The van der Waals surface area contributed by atoms with Crippen molar-refractivity contribution in [1.29, 1.82) is 0 Å². The van der Waals surface area contributed by atoms with Gasteiger partial charge in [0.15, 0.2) is 0 Å². The van der Waals surface area contributed by atoms with Crippen LogP contribution in [-0.2, 0) is 25.7 Å². The third kappa shape index (κ3) is 8.42. The Balaban J connectivity index is 1.77. The monoisotopic (exact) mass is 428 g/mol. The summed E-state index contributed by atoms with van der Waals surface area (Å²) in [7, 11) is 3.14. The van der Waals surface area contributed by atoms with Gasteiger partial charge in [0.2, 0.25) is 0 Å². The highest BCUT2D eigenvalue weighted by Gasteiger charge is 2.20. The molecule has 0 saturated carbocycles. The topological polar surface area (TPSA) is 71.1 Å². The summed E-state index contributed by atoms with van der Waals surface area (Å²) in [6.07, 6.45) is 11.1. The molecule has 0 spiro atoms. The molecule has 0 aliphatic carbocycles. The van der Waals surface area contributed by atoms with Gasteiger partial charge < -0.3 is 18.9 Å². The lowest BCUT2D eigenvalue weighted by Crippen LogP contribution is -2.25. The third-order valence-electron chi connectivity index (χ3n) is 5.05. The van der Waals surface area contributed by atoms with Crippen LogP contribution in [0.15, 0.2) is 54.7 Å². The molecule has 1 aromatic carbocycles. The number of carbonyl (C=O) groups excluding carboxylic acids is 2. The fourth-order valence-corrected chi connectivity index (χ4v) is 3.51. The molecule has 3 atom stereocenters. The molecule has 0 aromatic heterocycles. The van der Waals surface area contributed by atoms with Crippen molar-refractivity contribution in [3.05, 3.63) is 60.2 Å². The Labute approximate surface area is 184 Å². The lowest BCUT2D eigenvalue weighted by Gasteiger charge is -2.27. The predicted molar refractivity (Wildman–Crippen MR) is 119 cm³/mol. The second-order valence-electron chi connectivity index (χ2n) is 7.71. The molecule has 168 valence electrons. The molecule has 0 amide bonds. The first kappa shape index (κ1) is 24.4. The molecule has 0 radical (unpaired) electrons. The summed E-state index contributed by atoms with van der Waals surface area (Å²) in [5.74, 6) is 1.19. The van der Waals surface area contributed by atoms with Crippen LogP contribution in [0.2, 0.25) is 0 Å². The van der Waals surface area contributed by atoms with Gasteiger partial charge in [0.05, 0.1) is 26.4 Å². The van der Waals surface area contributed by atoms with Crippen molar-refractivity contribution in [3.63, 3.8) is 0 Å². The Hall–Kier alpha value is -2.86. The van der Waals surface area contributed by atoms with Gasteiger partial charge in [0, 0.05) is 17.7 Å². The average Bonchev–Trinajstić information content (AvgIpc) is 2.77. The molecule has 6 nitrogen and oxygen atoms in total. The number of rotatable bonds is 12. The van der Waals surface area contributed by atoms with E-state index in [9.17, 15) is 9.59 Å². The molecular weight excluding hydrogens is 396 g/mol. The zero-order valence-corrected chi connectivity index (χ0v) is 18.5. The first-order valence-corrected chi connectivity index (χ1v) is 10.4. The van der Waals surface area contributed by atoms with E-state index in [1.165, 1.54) is 6.08 Å². The number of allylic oxidation sites excluding steroid dienone is 1. The highest BCUT2D eigenvalue weighted by Crippen LogP contribution is 2.26. The number of esters is 1. The van der Waals surface area contributed by atoms with E-state index in [-0.39, 0.29) is 18.8 Å². The number of hydrogen-bond donors (Lipinski definition) is 0.